The van der Waals surface area contributed by atoms with Crippen molar-refractivity contribution in [3.05, 3.63) is 75.0 Å². The number of benzene rings is 2. The number of aromatic nitrogens is 2. The summed E-state index contributed by atoms with van der Waals surface area (Å²) in [6.45, 7) is 2.21. The molecule has 3 rings (SSSR count). The average Bonchev–Trinajstić information content (AvgIpc) is 2.57. The first-order chi connectivity index (χ1) is 11.5. The molecule has 1 N–H and O–H groups in total. The molecular formula is C18H17ClFN3O. The minimum Gasteiger partial charge on any atom is -0.309 e. The molecule has 0 unspecified atom stereocenters. The van der Waals surface area contributed by atoms with Crippen molar-refractivity contribution in [3.63, 3.8) is 0 Å². The number of fused-ring (bicyclic) bond motifs is 1. The van der Waals surface area contributed by atoms with Crippen LogP contribution in [0.3, 0.4) is 0 Å². The Balaban J connectivity index is 1.91. The summed E-state index contributed by atoms with van der Waals surface area (Å²) >= 11 is 6.09. The highest BCUT2D eigenvalue weighted by atomic mass is 35.5. The van der Waals surface area contributed by atoms with E-state index in [1.807, 2.05) is 24.9 Å². The molecule has 2 aromatic carbocycles. The zero-order chi connectivity index (χ0) is 17.3. The van der Waals surface area contributed by atoms with Crippen LogP contribution in [0, 0.1) is 5.82 Å². The van der Waals surface area contributed by atoms with Gasteiger partial charge in [0.2, 0.25) is 0 Å². The van der Waals surface area contributed by atoms with Gasteiger partial charge >= 0.3 is 0 Å². The van der Waals surface area contributed by atoms with Crippen LogP contribution in [0.25, 0.3) is 10.9 Å². The predicted octanol–water partition coefficient (Wildman–Crippen LogP) is 3.91. The zero-order valence-electron chi connectivity index (χ0n) is 13.4. The van der Waals surface area contributed by atoms with Gasteiger partial charge in [-0.25, -0.2) is 9.37 Å². The highest BCUT2D eigenvalue weighted by Crippen LogP contribution is 2.24. The Morgan fingerprint density at radius 1 is 1.25 bits per heavy atom. The number of hydrogen-bond acceptors (Lipinski definition) is 3. The second kappa shape index (κ2) is 6.71. The van der Waals surface area contributed by atoms with Crippen LogP contribution >= 0.6 is 11.6 Å². The summed E-state index contributed by atoms with van der Waals surface area (Å²) in [5.74, 6) is 0.190. The minimum atomic E-state index is -0.346. The molecule has 0 saturated carbocycles. The Bertz CT molecular complexity index is 921. The van der Waals surface area contributed by atoms with Crippen LogP contribution in [0.4, 0.5) is 4.39 Å². The van der Waals surface area contributed by atoms with Crippen LogP contribution in [-0.2, 0) is 6.54 Å². The van der Waals surface area contributed by atoms with Crippen molar-refractivity contribution in [3.8, 4) is 0 Å². The van der Waals surface area contributed by atoms with Gasteiger partial charge in [-0.3, -0.25) is 9.69 Å². The summed E-state index contributed by atoms with van der Waals surface area (Å²) in [6.07, 6.45) is 0. The van der Waals surface area contributed by atoms with E-state index >= 15 is 0 Å². The number of aromatic amines is 1. The van der Waals surface area contributed by atoms with Crippen LogP contribution in [0.2, 0.25) is 5.02 Å². The Morgan fingerprint density at radius 2 is 2.00 bits per heavy atom. The third-order valence-electron chi connectivity index (χ3n) is 4.16. The van der Waals surface area contributed by atoms with Crippen molar-refractivity contribution < 1.29 is 4.39 Å². The minimum absolute atomic E-state index is 0.181. The molecule has 0 aliphatic heterocycles. The van der Waals surface area contributed by atoms with E-state index in [2.05, 4.69) is 9.97 Å². The third-order valence-corrected chi connectivity index (χ3v) is 4.51. The lowest BCUT2D eigenvalue weighted by Crippen LogP contribution is -2.26. The summed E-state index contributed by atoms with van der Waals surface area (Å²) in [7, 11) is 1.84. The third kappa shape index (κ3) is 3.18. The van der Waals surface area contributed by atoms with Gasteiger partial charge in [-0.05, 0) is 38.2 Å². The summed E-state index contributed by atoms with van der Waals surface area (Å²) in [5.41, 5.74) is 0.886. The van der Waals surface area contributed by atoms with Crippen molar-refractivity contribution >= 4 is 22.5 Å². The summed E-state index contributed by atoms with van der Waals surface area (Å²) in [6, 6.07) is 11.6. The van der Waals surface area contributed by atoms with E-state index in [9.17, 15) is 9.18 Å². The molecule has 1 aromatic heterocycles. The molecule has 0 fully saturated rings. The second-order valence-corrected chi connectivity index (χ2v) is 6.17. The van der Waals surface area contributed by atoms with Crippen LogP contribution in [0.1, 0.15) is 24.4 Å². The van der Waals surface area contributed by atoms with Crippen molar-refractivity contribution in [1.82, 2.24) is 14.9 Å². The molecule has 6 heteroatoms. The Labute approximate surface area is 143 Å². The predicted molar refractivity (Wildman–Crippen MR) is 93.7 cm³/mol. The van der Waals surface area contributed by atoms with Gasteiger partial charge in [-0.1, -0.05) is 29.8 Å². The lowest BCUT2D eigenvalue weighted by molar-refractivity contribution is 0.240. The first kappa shape index (κ1) is 16.6. The van der Waals surface area contributed by atoms with Crippen molar-refractivity contribution in [2.45, 2.75) is 19.5 Å². The maximum absolute atomic E-state index is 14.0. The fraction of sp³-hybridized carbons (Fsp3) is 0.222. The number of H-pyrrole nitrogens is 1. The van der Waals surface area contributed by atoms with Crippen LogP contribution in [-0.4, -0.2) is 21.9 Å². The van der Waals surface area contributed by atoms with Crippen LogP contribution in [0.15, 0.2) is 47.3 Å². The molecule has 0 spiro atoms. The van der Waals surface area contributed by atoms with E-state index < -0.39 is 0 Å². The highest BCUT2D eigenvalue weighted by molar-refractivity contribution is 6.31. The van der Waals surface area contributed by atoms with Crippen molar-refractivity contribution in [1.29, 1.82) is 0 Å². The molecule has 0 radical (unpaired) electrons. The molecule has 24 heavy (non-hydrogen) atoms. The van der Waals surface area contributed by atoms with Gasteiger partial charge in [0.1, 0.15) is 11.6 Å². The fourth-order valence-electron chi connectivity index (χ4n) is 2.58. The lowest BCUT2D eigenvalue weighted by atomic mass is 10.1. The van der Waals surface area contributed by atoms with Crippen LogP contribution < -0.4 is 5.56 Å². The topological polar surface area (TPSA) is 49.0 Å². The lowest BCUT2D eigenvalue weighted by Gasteiger charge is -2.24. The number of nitrogens with one attached hydrogen (secondary N) is 1. The van der Waals surface area contributed by atoms with Crippen molar-refractivity contribution in [2.75, 3.05) is 7.05 Å². The van der Waals surface area contributed by atoms with Gasteiger partial charge < -0.3 is 4.98 Å². The van der Waals surface area contributed by atoms with E-state index in [4.69, 9.17) is 11.6 Å². The molecule has 0 saturated heterocycles. The van der Waals surface area contributed by atoms with Crippen LogP contribution in [0.5, 0.6) is 0 Å². The van der Waals surface area contributed by atoms with E-state index in [0.29, 0.717) is 33.9 Å². The van der Waals surface area contributed by atoms with Gasteiger partial charge in [-0.2, -0.15) is 0 Å². The maximum Gasteiger partial charge on any atom is 0.258 e. The quantitative estimate of drug-likeness (QED) is 0.780. The molecule has 3 aromatic rings. The number of para-hydroxylation sites is 1. The van der Waals surface area contributed by atoms with Gasteiger partial charge in [0.05, 0.1) is 16.9 Å². The largest absolute Gasteiger partial charge is 0.309 e. The van der Waals surface area contributed by atoms with E-state index in [-0.39, 0.29) is 17.4 Å². The summed E-state index contributed by atoms with van der Waals surface area (Å²) < 4.78 is 14.0. The number of nitrogens with zero attached hydrogens (tertiary/aromatic N) is 2. The first-order valence-electron chi connectivity index (χ1n) is 7.59. The monoisotopic (exact) mass is 345 g/mol. The van der Waals surface area contributed by atoms with Gasteiger partial charge in [-0.15, -0.1) is 0 Å². The normalized spacial score (nSPS) is 12.7. The number of hydrogen-bond donors (Lipinski definition) is 1. The smallest absolute Gasteiger partial charge is 0.258 e. The molecule has 4 nitrogen and oxygen atoms in total. The first-order valence-corrected chi connectivity index (χ1v) is 7.97. The summed E-state index contributed by atoms with van der Waals surface area (Å²) in [4.78, 5) is 21.4. The highest BCUT2D eigenvalue weighted by Gasteiger charge is 2.18. The Morgan fingerprint density at radius 3 is 2.75 bits per heavy atom. The Hall–Kier alpha value is -2.24. The van der Waals surface area contributed by atoms with Gasteiger partial charge in [0.15, 0.2) is 0 Å². The molecule has 1 heterocycles. The van der Waals surface area contributed by atoms with Gasteiger partial charge in [0, 0.05) is 17.1 Å². The summed E-state index contributed by atoms with van der Waals surface area (Å²) in [5, 5.41) is 0.933. The van der Waals surface area contributed by atoms with E-state index in [0.717, 1.165) is 0 Å². The molecule has 124 valence electrons. The second-order valence-electron chi connectivity index (χ2n) is 5.76. The fourth-order valence-corrected chi connectivity index (χ4v) is 2.80. The van der Waals surface area contributed by atoms with E-state index in [1.165, 1.54) is 6.07 Å². The number of rotatable bonds is 4. The average molecular weight is 346 g/mol. The van der Waals surface area contributed by atoms with Gasteiger partial charge in [0.25, 0.3) is 5.56 Å². The Kier molecular flexibility index (Phi) is 4.64. The standard InChI is InChI=1S/C18H17ClFN3O/c1-11(23(2)10-13-14(19)7-5-8-15(13)20)17-21-16-9-4-3-6-12(16)18(24)22-17/h3-9,11H,10H2,1-2H3,(H,21,22,24)/t11-/m1/s1. The molecular weight excluding hydrogens is 329 g/mol. The zero-order valence-corrected chi connectivity index (χ0v) is 14.1. The molecule has 0 aliphatic rings. The molecule has 0 aliphatic carbocycles. The SMILES string of the molecule is C[C@H](c1nc2ccccc2c(=O)[nH]1)N(C)Cc1c(F)cccc1Cl. The molecule has 1 atom stereocenters. The maximum atomic E-state index is 14.0. The molecule has 0 bridgehead atoms. The van der Waals surface area contributed by atoms with E-state index in [1.54, 1.807) is 30.3 Å². The molecule has 0 amide bonds. The van der Waals surface area contributed by atoms with Crippen molar-refractivity contribution in [2.24, 2.45) is 0 Å². The number of halogens is 2.